The third-order valence-corrected chi connectivity index (χ3v) is 4.73. The molecule has 0 radical (unpaired) electrons. The molecule has 2 aromatic carbocycles. The maximum absolute atomic E-state index is 13.5. The molecule has 1 aliphatic heterocycles. The van der Waals surface area contributed by atoms with E-state index in [-0.39, 0.29) is 17.2 Å². The van der Waals surface area contributed by atoms with Crippen molar-refractivity contribution in [2.45, 2.75) is 38.5 Å². The van der Waals surface area contributed by atoms with Gasteiger partial charge in [0.15, 0.2) is 5.96 Å². The fourth-order valence-corrected chi connectivity index (χ4v) is 3.65. The van der Waals surface area contributed by atoms with Crippen LogP contribution in [0.15, 0.2) is 30.3 Å². The summed E-state index contributed by atoms with van der Waals surface area (Å²) in [5.74, 6) is -0.146. The molecule has 4 heteroatoms. The lowest BCUT2D eigenvalue weighted by molar-refractivity contribution is 0.451. The third kappa shape index (κ3) is 2.23. The first-order chi connectivity index (χ1) is 10.5. The number of anilines is 1. The number of nitrogens with one attached hydrogen (secondary N) is 1. The first kappa shape index (κ1) is 14.8. The van der Waals surface area contributed by atoms with Crippen LogP contribution >= 0.6 is 0 Å². The first-order valence-electron chi connectivity index (χ1n) is 7.80. The van der Waals surface area contributed by atoms with E-state index in [0.717, 1.165) is 35.7 Å². The molecule has 0 amide bonds. The first-order valence-corrected chi connectivity index (χ1v) is 7.80. The molecular formula is C18H22FN3. The highest BCUT2D eigenvalue weighted by molar-refractivity contribution is 6.01. The molecule has 0 saturated heterocycles. The number of hydrogen-bond acceptors (Lipinski definition) is 1. The van der Waals surface area contributed by atoms with E-state index in [2.05, 4.69) is 13.8 Å². The molecule has 3 rings (SSSR count). The zero-order valence-electron chi connectivity index (χ0n) is 13.1. The van der Waals surface area contributed by atoms with E-state index < -0.39 is 0 Å². The molecule has 0 spiro atoms. The molecular weight excluding hydrogens is 277 g/mol. The van der Waals surface area contributed by atoms with Gasteiger partial charge in [0.25, 0.3) is 0 Å². The molecule has 1 aliphatic rings. The molecule has 1 atom stereocenters. The van der Waals surface area contributed by atoms with E-state index >= 15 is 0 Å². The summed E-state index contributed by atoms with van der Waals surface area (Å²) >= 11 is 0. The van der Waals surface area contributed by atoms with Crippen LogP contribution in [0.1, 0.15) is 38.7 Å². The van der Waals surface area contributed by atoms with Gasteiger partial charge in [-0.25, -0.2) is 4.39 Å². The minimum atomic E-state index is -0.218. The number of nitrogens with zero attached hydrogens (tertiary/aromatic N) is 1. The Hall–Kier alpha value is -2.10. The number of benzene rings is 2. The number of rotatable bonds is 3. The topological polar surface area (TPSA) is 53.1 Å². The van der Waals surface area contributed by atoms with E-state index in [4.69, 9.17) is 11.1 Å². The Balaban J connectivity index is 2.23. The van der Waals surface area contributed by atoms with Gasteiger partial charge in [0, 0.05) is 17.6 Å². The number of hydrogen-bond donors (Lipinski definition) is 2. The number of fused-ring (bicyclic) bond motifs is 3. The zero-order chi connectivity index (χ0) is 15.9. The molecule has 0 bridgehead atoms. The Morgan fingerprint density at radius 3 is 2.82 bits per heavy atom. The maximum atomic E-state index is 13.5. The van der Waals surface area contributed by atoms with Gasteiger partial charge in [0.1, 0.15) is 5.82 Å². The summed E-state index contributed by atoms with van der Waals surface area (Å²) in [5, 5.41) is 9.84. The number of nitrogens with two attached hydrogens (primary N) is 1. The van der Waals surface area contributed by atoms with Gasteiger partial charge in [-0.3, -0.25) is 5.41 Å². The second kappa shape index (κ2) is 5.27. The molecule has 3 nitrogen and oxygen atoms in total. The van der Waals surface area contributed by atoms with Crippen LogP contribution in [0.2, 0.25) is 0 Å². The maximum Gasteiger partial charge on any atom is 0.192 e. The standard InChI is InChI=1S/C18H22FN3/c1-3-4-9-18(2)11-22(17(20)21)15-8-5-12-10-13(19)6-7-14(12)16(15)18/h5-8,10H,3-4,9,11H2,1-2H3,(H3,20,21). The average molecular weight is 299 g/mol. The van der Waals surface area contributed by atoms with Crippen molar-refractivity contribution in [1.29, 1.82) is 5.41 Å². The Morgan fingerprint density at radius 2 is 2.14 bits per heavy atom. The molecule has 22 heavy (non-hydrogen) atoms. The Labute approximate surface area is 130 Å². The normalized spacial score (nSPS) is 20.4. The zero-order valence-corrected chi connectivity index (χ0v) is 13.1. The van der Waals surface area contributed by atoms with Crippen molar-refractivity contribution in [3.05, 3.63) is 41.7 Å². The van der Waals surface area contributed by atoms with Gasteiger partial charge in [0.2, 0.25) is 0 Å². The van der Waals surface area contributed by atoms with Crippen molar-refractivity contribution in [1.82, 2.24) is 0 Å². The predicted molar refractivity (Wildman–Crippen MR) is 90.0 cm³/mol. The highest BCUT2D eigenvalue weighted by atomic mass is 19.1. The highest BCUT2D eigenvalue weighted by Gasteiger charge is 2.40. The molecule has 0 fully saturated rings. The van der Waals surface area contributed by atoms with Crippen LogP contribution in [-0.4, -0.2) is 12.5 Å². The summed E-state index contributed by atoms with van der Waals surface area (Å²) in [4.78, 5) is 1.87. The van der Waals surface area contributed by atoms with E-state index in [1.54, 1.807) is 6.07 Å². The van der Waals surface area contributed by atoms with Crippen molar-refractivity contribution in [2.75, 3.05) is 11.4 Å². The lowest BCUT2D eigenvalue weighted by atomic mass is 9.78. The molecule has 0 saturated carbocycles. The lowest BCUT2D eigenvalue weighted by Crippen LogP contribution is -2.39. The lowest BCUT2D eigenvalue weighted by Gasteiger charge is -2.26. The summed E-state index contributed by atoms with van der Waals surface area (Å²) in [5.41, 5.74) is 7.91. The second-order valence-corrected chi connectivity index (χ2v) is 6.46. The molecule has 3 N–H and O–H groups in total. The van der Waals surface area contributed by atoms with Crippen molar-refractivity contribution >= 4 is 22.4 Å². The van der Waals surface area contributed by atoms with Crippen LogP contribution in [0.5, 0.6) is 0 Å². The molecule has 1 heterocycles. The van der Waals surface area contributed by atoms with E-state index in [1.165, 1.54) is 11.6 Å². The van der Waals surface area contributed by atoms with Crippen LogP contribution in [0, 0.1) is 11.2 Å². The van der Waals surface area contributed by atoms with Crippen molar-refractivity contribution in [3.63, 3.8) is 0 Å². The molecule has 116 valence electrons. The molecule has 1 unspecified atom stereocenters. The summed E-state index contributed by atoms with van der Waals surface area (Å²) < 4.78 is 13.5. The van der Waals surface area contributed by atoms with Crippen molar-refractivity contribution in [3.8, 4) is 0 Å². The summed E-state index contributed by atoms with van der Waals surface area (Å²) in [6.45, 7) is 5.13. The fraction of sp³-hybridized carbons (Fsp3) is 0.389. The van der Waals surface area contributed by atoms with Crippen molar-refractivity contribution < 1.29 is 4.39 Å². The summed E-state index contributed by atoms with van der Waals surface area (Å²) in [6.07, 6.45) is 3.29. The summed E-state index contributed by atoms with van der Waals surface area (Å²) in [7, 11) is 0. The molecule has 0 aromatic heterocycles. The number of unbranched alkanes of at least 4 members (excludes halogenated alkanes) is 1. The Morgan fingerprint density at radius 1 is 1.36 bits per heavy atom. The average Bonchev–Trinajstić information content (AvgIpc) is 2.79. The van der Waals surface area contributed by atoms with E-state index in [9.17, 15) is 4.39 Å². The monoisotopic (exact) mass is 299 g/mol. The van der Waals surface area contributed by atoms with Crippen LogP contribution in [0.3, 0.4) is 0 Å². The number of halogens is 1. The minimum Gasteiger partial charge on any atom is -0.370 e. The van der Waals surface area contributed by atoms with Crippen LogP contribution in [0.4, 0.5) is 10.1 Å². The summed E-state index contributed by atoms with van der Waals surface area (Å²) in [6, 6.07) is 8.83. The van der Waals surface area contributed by atoms with E-state index in [1.807, 2.05) is 23.1 Å². The molecule has 2 aromatic rings. The molecule has 0 aliphatic carbocycles. The van der Waals surface area contributed by atoms with Crippen LogP contribution < -0.4 is 10.6 Å². The van der Waals surface area contributed by atoms with Gasteiger partial charge in [-0.1, -0.05) is 38.8 Å². The van der Waals surface area contributed by atoms with Crippen LogP contribution in [0.25, 0.3) is 10.8 Å². The smallest absolute Gasteiger partial charge is 0.192 e. The SMILES string of the molecule is CCCCC1(C)CN(C(=N)N)c2ccc3cc(F)ccc3c21. The van der Waals surface area contributed by atoms with Crippen molar-refractivity contribution in [2.24, 2.45) is 5.73 Å². The predicted octanol–water partition coefficient (Wildman–Crippen LogP) is 4.14. The van der Waals surface area contributed by atoms with Gasteiger partial charge in [-0.2, -0.15) is 0 Å². The van der Waals surface area contributed by atoms with Gasteiger partial charge in [0.05, 0.1) is 0 Å². The Kier molecular flexibility index (Phi) is 3.55. The van der Waals surface area contributed by atoms with Crippen LogP contribution in [-0.2, 0) is 5.41 Å². The van der Waals surface area contributed by atoms with E-state index in [0.29, 0.717) is 6.54 Å². The number of guanidine groups is 1. The van der Waals surface area contributed by atoms with Gasteiger partial charge < -0.3 is 10.6 Å². The third-order valence-electron chi connectivity index (χ3n) is 4.73. The quantitative estimate of drug-likeness (QED) is 0.661. The fourth-order valence-electron chi connectivity index (χ4n) is 3.65. The second-order valence-electron chi connectivity index (χ2n) is 6.46. The Bertz CT molecular complexity index is 740. The highest BCUT2D eigenvalue weighted by Crippen LogP contribution is 2.47. The largest absolute Gasteiger partial charge is 0.370 e. The van der Waals surface area contributed by atoms with Gasteiger partial charge in [-0.15, -0.1) is 0 Å². The van der Waals surface area contributed by atoms with Gasteiger partial charge in [-0.05, 0) is 41.0 Å². The van der Waals surface area contributed by atoms with Gasteiger partial charge >= 0.3 is 0 Å². The minimum absolute atomic E-state index is 0.0612.